The summed E-state index contributed by atoms with van der Waals surface area (Å²) in [6.45, 7) is 2.26. The second kappa shape index (κ2) is 17.2. The molecule has 0 fully saturated rings. The SMILES string of the molecule is CCCCCCCCCCCCCCCCCCc1cccc(C=O)c1OS(=O)(=O)O. The molecule has 0 atom stereocenters. The van der Waals surface area contributed by atoms with E-state index in [1.54, 1.807) is 12.1 Å². The maximum absolute atomic E-state index is 11.1. The monoisotopic (exact) mass is 454 g/mol. The smallest absolute Gasteiger partial charge is 0.361 e. The normalized spacial score (nSPS) is 11.5. The molecule has 0 unspecified atom stereocenters. The number of hydrogen-bond acceptors (Lipinski definition) is 4. The lowest BCUT2D eigenvalue weighted by atomic mass is 10.0. The van der Waals surface area contributed by atoms with Gasteiger partial charge in [-0.2, -0.15) is 8.42 Å². The van der Waals surface area contributed by atoms with Crippen LogP contribution in [0.2, 0.25) is 0 Å². The first kappa shape index (κ1) is 27.6. The van der Waals surface area contributed by atoms with Crippen LogP contribution in [-0.2, 0) is 16.8 Å². The van der Waals surface area contributed by atoms with Gasteiger partial charge in [0.2, 0.25) is 0 Å². The highest BCUT2D eigenvalue weighted by atomic mass is 32.3. The summed E-state index contributed by atoms with van der Waals surface area (Å²) in [6, 6.07) is 4.91. The Balaban J connectivity index is 2.06. The lowest BCUT2D eigenvalue weighted by Crippen LogP contribution is -2.10. The molecule has 0 radical (unpaired) electrons. The molecule has 0 amide bonds. The zero-order valence-corrected chi connectivity index (χ0v) is 20.1. The van der Waals surface area contributed by atoms with Crippen molar-refractivity contribution in [3.05, 3.63) is 29.3 Å². The largest absolute Gasteiger partial charge is 0.446 e. The van der Waals surface area contributed by atoms with Crippen molar-refractivity contribution in [1.82, 2.24) is 0 Å². The fourth-order valence-electron chi connectivity index (χ4n) is 3.96. The standard InChI is InChI=1S/C25H42O5S/c1-2-3-4-5-6-7-8-9-10-11-12-13-14-15-16-17-19-23-20-18-21-24(22-26)25(23)30-31(27,28)29/h18,20-22H,2-17,19H2,1H3,(H,27,28,29). The van der Waals surface area contributed by atoms with Gasteiger partial charge in [-0.15, -0.1) is 0 Å². The summed E-state index contributed by atoms with van der Waals surface area (Å²) in [5.41, 5.74) is 0.763. The first-order valence-electron chi connectivity index (χ1n) is 12.2. The summed E-state index contributed by atoms with van der Waals surface area (Å²) >= 11 is 0. The van der Waals surface area contributed by atoms with Crippen molar-refractivity contribution >= 4 is 16.7 Å². The molecular weight excluding hydrogens is 412 g/mol. The molecule has 178 valence electrons. The highest BCUT2D eigenvalue weighted by molar-refractivity contribution is 7.81. The molecule has 31 heavy (non-hydrogen) atoms. The van der Waals surface area contributed by atoms with Crippen LogP contribution < -0.4 is 4.18 Å². The summed E-state index contributed by atoms with van der Waals surface area (Å²) in [6.07, 6.45) is 21.8. The van der Waals surface area contributed by atoms with E-state index in [1.807, 2.05) is 0 Å². The lowest BCUT2D eigenvalue weighted by Gasteiger charge is -2.11. The molecule has 1 aromatic rings. The molecule has 0 aliphatic rings. The third-order valence-electron chi connectivity index (χ3n) is 5.74. The van der Waals surface area contributed by atoms with Crippen LogP contribution in [0.4, 0.5) is 0 Å². The van der Waals surface area contributed by atoms with E-state index in [2.05, 4.69) is 11.1 Å². The maximum atomic E-state index is 11.1. The summed E-state index contributed by atoms with van der Waals surface area (Å²) in [5.74, 6) is -0.0547. The minimum Gasteiger partial charge on any atom is -0.361 e. The number of carbonyl (C=O) groups excluding carboxylic acids is 1. The molecule has 1 rings (SSSR count). The summed E-state index contributed by atoms with van der Waals surface area (Å²) in [4.78, 5) is 11.1. The third-order valence-corrected chi connectivity index (χ3v) is 6.12. The minimum absolute atomic E-state index is 0.0547. The molecule has 0 aliphatic carbocycles. The fourth-order valence-corrected chi connectivity index (χ4v) is 4.38. The highest BCUT2D eigenvalue weighted by Crippen LogP contribution is 2.26. The number of benzene rings is 1. The van der Waals surface area contributed by atoms with Gasteiger partial charge in [-0.1, -0.05) is 115 Å². The Morgan fingerprint density at radius 1 is 0.774 bits per heavy atom. The van der Waals surface area contributed by atoms with Crippen LogP contribution in [0.25, 0.3) is 0 Å². The molecule has 6 heteroatoms. The number of aldehydes is 1. The molecule has 0 bridgehead atoms. The van der Waals surface area contributed by atoms with E-state index in [0.29, 0.717) is 18.3 Å². The van der Waals surface area contributed by atoms with E-state index in [9.17, 15) is 13.2 Å². The van der Waals surface area contributed by atoms with Crippen LogP contribution in [0.1, 0.15) is 126 Å². The molecule has 1 aromatic carbocycles. The Morgan fingerprint density at radius 3 is 1.65 bits per heavy atom. The van der Waals surface area contributed by atoms with Gasteiger partial charge in [0.15, 0.2) is 12.0 Å². The molecule has 0 saturated heterocycles. The van der Waals surface area contributed by atoms with E-state index in [1.165, 1.54) is 89.5 Å². The van der Waals surface area contributed by atoms with Crippen LogP contribution in [0, 0.1) is 0 Å². The average molecular weight is 455 g/mol. The van der Waals surface area contributed by atoms with Gasteiger partial charge in [0.05, 0.1) is 5.56 Å². The van der Waals surface area contributed by atoms with Crippen LogP contribution in [0.15, 0.2) is 18.2 Å². The van der Waals surface area contributed by atoms with Gasteiger partial charge in [-0.3, -0.25) is 9.35 Å². The third kappa shape index (κ3) is 14.3. The van der Waals surface area contributed by atoms with Gasteiger partial charge < -0.3 is 4.18 Å². The Bertz CT molecular complexity index is 700. The summed E-state index contributed by atoms with van der Waals surface area (Å²) in [7, 11) is -4.65. The van der Waals surface area contributed by atoms with Crippen molar-refractivity contribution in [1.29, 1.82) is 0 Å². The quantitative estimate of drug-likeness (QED) is 0.125. The van der Waals surface area contributed by atoms with Gasteiger partial charge in [-0.25, -0.2) is 0 Å². The molecule has 1 N–H and O–H groups in total. The van der Waals surface area contributed by atoms with E-state index in [-0.39, 0.29) is 11.3 Å². The van der Waals surface area contributed by atoms with Gasteiger partial charge in [-0.05, 0) is 24.5 Å². The topological polar surface area (TPSA) is 80.7 Å². The summed E-state index contributed by atoms with van der Waals surface area (Å²) < 4.78 is 35.7. The number of aryl methyl sites for hydroxylation is 1. The van der Waals surface area contributed by atoms with Crippen LogP contribution >= 0.6 is 0 Å². The van der Waals surface area contributed by atoms with E-state index in [4.69, 9.17) is 4.55 Å². The highest BCUT2D eigenvalue weighted by Gasteiger charge is 2.15. The molecule has 0 spiro atoms. The van der Waals surface area contributed by atoms with Gasteiger partial charge in [0.25, 0.3) is 0 Å². The Labute approximate surface area is 189 Å². The Kier molecular flexibility index (Phi) is 15.3. The number of carbonyl (C=O) groups is 1. The molecule has 0 saturated carbocycles. The molecule has 5 nitrogen and oxygen atoms in total. The second-order valence-corrected chi connectivity index (χ2v) is 9.54. The van der Waals surface area contributed by atoms with Crippen molar-refractivity contribution < 1.29 is 21.9 Å². The lowest BCUT2D eigenvalue weighted by molar-refractivity contribution is 0.112. The van der Waals surface area contributed by atoms with E-state index in [0.717, 1.165) is 19.3 Å². The first-order chi connectivity index (χ1) is 15.0. The molecule has 0 aliphatic heterocycles. The number of rotatable bonds is 20. The average Bonchev–Trinajstić information content (AvgIpc) is 2.73. The first-order valence-corrected chi connectivity index (χ1v) is 13.6. The molecule has 0 aromatic heterocycles. The zero-order chi connectivity index (χ0) is 22.8. The summed E-state index contributed by atoms with van der Waals surface area (Å²) in [5, 5.41) is 0. The molecule has 0 heterocycles. The van der Waals surface area contributed by atoms with Crippen LogP contribution in [0.5, 0.6) is 5.75 Å². The van der Waals surface area contributed by atoms with Gasteiger partial charge in [0, 0.05) is 0 Å². The number of unbranched alkanes of at least 4 members (excludes halogenated alkanes) is 15. The fraction of sp³-hybridized carbons (Fsp3) is 0.720. The van der Waals surface area contributed by atoms with Crippen molar-refractivity contribution in [3.63, 3.8) is 0 Å². The van der Waals surface area contributed by atoms with Gasteiger partial charge >= 0.3 is 10.4 Å². The Hall–Kier alpha value is -1.40. The van der Waals surface area contributed by atoms with E-state index >= 15 is 0 Å². The van der Waals surface area contributed by atoms with Crippen molar-refractivity contribution in [2.45, 2.75) is 116 Å². The predicted molar refractivity (Wildman–Crippen MR) is 127 cm³/mol. The second-order valence-electron chi connectivity index (χ2n) is 8.52. The van der Waals surface area contributed by atoms with Crippen molar-refractivity contribution in [2.24, 2.45) is 0 Å². The van der Waals surface area contributed by atoms with Crippen LogP contribution in [-0.4, -0.2) is 19.3 Å². The van der Waals surface area contributed by atoms with Gasteiger partial charge in [0.1, 0.15) is 0 Å². The van der Waals surface area contributed by atoms with Crippen molar-refractivity contribution in [2.75, 3.05) is 0 Å². The number of para-hydroxylation sites is 1. The zero-order valence-electron chi connectivity index (χ0n) is 19.3. The van der Waals surface area contributed by atoms with E-state index < -0.39 is 10.4 Å². The predicted octanol–water partition coefficient (Wildman–Crippen LogP) is 7.48. The minimum atomic E-state index is -4.65. The number of hydrogen-bond donors (Lipinski definition) is 1. The maximum Gasteiger partial charge on any atom is 0.446 e. The molecular formula is C25H42O5S. The van der Waals surface area contributed by atoms with Crippen molar-refractivity contribution in [3.8, 4) is 5.75 Å². The van der Waals surface area contributed by atoms with Crippen LogP contribution in [0.3, 0.4) is 0 Å². The Morgan fingerprint density at radius 2 is 1.23 bits per heavy atom.